The van der Waals surface area contributed by atoms with Crippen LogP contribution >= 0.6 is 11.6 Å². The van der Waals surface area contributed by atoms with Gasteiger partial charge in [0.15, 0.2) is 5.69 Å². The van der Waals surface area contributed by atoms with Crippen LogP contribution in [0.2, 0.25) is 5.02 Å². The van der Waals surface area contributed by atoms with Gasteiger partial charge in [-0.3, -0.25) is 9.59 Å². The molecule has 10 nitrogen and oxygen atoms in total. The number of carbonyl (C=O) groups is 3. The number of hydrogen-bond acceptors (Lipinski definition) is 6. The van der Waals surface area contributed by atoms with Crippen LogP contribution in [-0.4, -0.2) is 56.9 Å². The van der Waals surface area contributed by atoms with E-state index in [1.807, 2.05) is 0 Å². The van der Waals surface area contributed by atoms with E-state index in [1.54, 1.807) is 24.3 Å². The number of carboxylic acid groups (broad SMARTS) is 1. The molecule has 3 rings (SSSR count). The maximum Gasteiger partial charge on any atom is 0.326 e. The van der Waals surface area contributed by atoms with Gasteiger partial charge in [-0.05, 0) is 42.2 Å². The number of aromatic nitrogens is 3. The molecular weight excluding hydrogens is 479 g/mol. The van der Waals surface area contributed by atoms with Crippen LogP contribution in [0.1, 0.15) is 28.9 Å². The fourth-order valence-corrected chi connectivity index (χ4v) is 3.66. The van der Waals surface area contributed by atoms with Crippen LogP contribution in [0, 0.1) is 5.82 Å². The Kier molecular flexibility index (Phi) is 8.87. The van der Waals surface area contributed by atoms with E-state index < -0.39 is 35.7 Å². The number of H-pyrrole nitrogens is 1. The number of carboxylic acids is 1. The molecule has 0 spiro atoms. The van der Waals surface area contributed by atoms with Crippen molar-refractivity contribution in [1.82, 2.24) is 26.0 Å². The van der Waals surface area contributed by atoms with Crippen LogP contribution in [-0.2, 0) is 16.0 Å². The van der Waals surface area contributed by atoms with Crippen LogP contribution < -0.4 is 16.4 Å². The molecule has 6 N–H and O–H groups in total. The van der Waals surface area contributed by atoms with Crippen molar-refractivity contribution in [2.45, 2.75) is 31.3 Å². The fourth-order valence-electron chi connectivity index (χ4n) is 3.49. The lowest BCUT2D eigenvalue weighted by Crippen LogP contribution is -2.47. The zero-order chi connectivity index (χ0) is 25.4. The number of aliphatic carboxylic acids is 1. The quantitative estimate of drug-likeness (QED) is 0.267. The van der Waals surface area contributed by atoms with E-state index in [0.29, 0.717) is 16.1 Å². The second-order valence-corrected chi connectivity index (χ2v) is 8.22. The van der Waals surface area contributed by atoms with Crippen LogP contribution in [0.3, 0.4) is 0 Å². The Morgan fingerprint density at radius 2 is 1.89 bits per heavy atom. The molecule has 0 unspecified atom stereocenters. The second-order valence-electron chi connectivity index (χ2n) is 7.78. The molecule has 184 valence electrons. The molecule has 0 fully saturated rings. The van der Waals surface area contributed by atoms with Crippen molar-refractivity contribution < 1.29 is 23.9 Å². The first-order valence-electron chi connectivity index (χ1n) is 10.7. The van der Waals surface area contributed by atoms with E-state index in [9.17, 15) is 23.9 Å². The summed E-state index contributed by atoms with van der Waals surface area (Å²) in [5, 5.41) is 24.8. The smallest absolute Gasteiger partial charge is 0.326 e. The summed E-state index contributed by atoms with van der Waals surface area (Å²) in [5.41, 5.74) is 7.09. The standard InChI is InChI=1S/C23H24ClFN6O4/c24-15-5-6-18(25)17(10-15)14-3-1-13(2-4-14)9-16(28-22(33)20-12-27-31-30-20)11-19(23(34)35)29-21(32)7-8-26/h1-6,10,12,16,19H,7-9,11,26H2,(H,28,33)(H,29,32)(H,34,35)(H,27,30,31)/t16-,19-/m1/s1. The van der Waals surface area contributed by atoms with Crippen molar-refractivity contribution in [3.8, 4) is 11.1 Å². The Bertz CT molecular complexity index is 1170. The topological polar surface area (TPSA) is 163 Å². The van der Waals surface area contributed by atoms with Crippen LogP contribution in [0.5, 0.6) is 0 Å². The van der Waals surface area contributed by atoms with Gasteiger partial charge in [0.2, 0.25) is 5.91 Å². The minimum absolute atomic E-state index is 0.0265. The Hall–Kier alpha value is -3.83. The lowest BCUT2D eigenvalue weighted by atomic mass is 9.96. The van der Waals surface area contributed by atoms with Crippen molar-refractivity contribution >= 4 is 29.4 Å². The van der Waals surface area contributed by atoms with Crippen molar-refractivity contribution in [1.29, 1.82) is 0 Å². The van der Waals surface area contributed by atoms with Gasteiger partial charge >= 0.3 is 5.97 Å². The maximum atomic E-state index is 14.2. The molecule has 1 aromatic heterocycles. The largest absolute Gasteiger partial charge is 0.480 e. The summed E-state index contributed by atoms with van der Waals surface area (Å²) in [5.74, 6) is -2.73. The Morgan fingerprint density at radius 3 is 2.51 bits per heavy atom. The molecular formula is C23H24ClFN6O4. The molecule has 1 heterocycles. The van der Waals surface area contributed by atoms with Crippen molar-refractivity contribution in [3.05, 3.63) is 70.8 Å². The van der Waals surface area contributed by atoms with E-state index in [-0.39, 0.29) is 31.5 Å². The van der Waals surface area contributed by atoms with Gasteiger partial charge in [0.1, 0.15) is 11.9 Å². The van der Waals surface area contributed by atoms with E-state index >= 15 is 0 Å². The van der Waals surface area contributed by atoms with Gasteiger partial charge in [-0.2, -0.15) is 15.4 Å². The predicted octanol–water partition coefficient (Wildman–Crippen LogP) is 1.91. The summed E-state index contributed by atoms with van der Waals surface area (Å²) >= 11 is 5.98. The molecule has 35 heavy (non-hydrogen) atoms. The highest BCUT2D eigenvalue weighted by Crippen LogP contribution is 2.26. The molecule has 2 aromatic carbocycles. The molecule has 0 aliphatic rings. The van der Waals surface area contributed by atoms with Crippen molar-refractivity contribution in [3.63, 3.8) is 0 Å². The highest BCUT2D eigenvalue weighted by atomic mass is 35.5. The molecule has 0 bridgehead atoms. The van der Waals surface area contributed by atoms with Gasteiger partial charge in [-0.15, -0.1) is 0 Å². The number of rotatable bonds is 11. The van der Waals surface area contributed by atoms with E-state index in [2.05, 4.69) is 26.0 Å². The van der Waals surface area contributed by atoms with Crippen molar-refractivity contribution in [2.24, 2.45) is 5.73 Å². The first-order chi connectivity index (χ1) is 16.8. The fraction of sp³-hybridized carbons (Fsp3) is 0.261. The highest BCUT2D eigenvalue weighted by molar-refractivity contribution is 6.30. The van der Waals surface area contributed by atoms with Gasteiger partial charge in [0.25, 0.3) is 5.91 Å². The minimum Gasteiger partial charge on any atom is -0.480 e. The number of benzene rings is 2. The summed E-state index contributed by atoms with van der Waals surface area (Å²) < 4.78 is 14.2. The highest BCUT2D eigenvalue weighted by Gasteiger charge is 2.26. The summed E-state index contributed by atoms with van der Waals surface area (Å²) in [6.45, 7) is 0.0735. The first kappa shape index (κ1) is 25.8. The number of halogens is 2. The first-order valence-corrected chi connectivity index (χ1v) is 11.1. The number of nitrogens with zero attached hydrogens (tertiary/aromatic N) is 2. The Balaban J connectivity index is 1.80. The average molecular weight is 503 g/mol. The SMILES string of the molecule is NCCC(=O)N[C@H](C[C@@H](Cc1ccc(-c2cc(Cl)ccc2F)cc1)NC(=O)c1cn[nH]n1)C(=O)O. The summed E-state index contributed by atoms with van der Waals surface area (Å²) in [6.07, 6.45) is 1.35. The molecule has 0 saturated heterocycles. The third-order valence-electron chi connectivity index (χ3n) is 5.18. The molecule has 2 amide bonds. The number of carbonyl (C=O) groups excluding carboxylic acids is 2. The molecule has 0 aliphatic carbocycles. The van der Waals surface area contributed by atoms with Crippen LogP contribution in [0.4, 0.5) is 4.39 Å². The second kappa shape index (κ2) is 12.0. The van der Waals surface area contributed by atoms with Gasteiger partial charge in [-0.25, -0.2) is 9.18 Å². The lowest BCUT2D eigenvalue weighted by molar-refractivity contribution is -0.142. The third kappa shape index (κ3) is 7.33. The maximum absolute atomic E-state index is 14.2. The van der Waals surface area contributed by atoms with Crippen LogP contribution in [0.25, 0.3) is 11.1 Å². The Morgan fingerprint density at radius 1 is 1.14 bits per heavy atom. The minimum atomic E-state index is -1.25. The zero-order valence-electron chi connectivity index (χ0n) is 18.5. The molecule has 2 atom stereocenters. The molecule has 0 aliphatic heterocycles. The molecule has 12 heteroatoms. The summed E-state index contributed by atoms with van der Waals surface area (Å²) in [4.78, 5) is 36.2. The molecule has 0 saturated carbocycles. The number of aromatic amines is 1. The van der Waals surface area contributed by atoms with Crippen molar-refractivity contribution in [2.75, 3.05) is 6.54 Å². The van der Waals surface area contributed by atoms with E-state index in [1.165, 1.54) is 24.4 Å². The number of amides is 2. The van der Waals surface area contributed by atoms with E-state index in [4.69, 9.17) is 17.3 Å². The molecule has 0 radical (unpaired) electrons. The predicted molar refractivity (Wildman–Crippen MR) is 126 cm³/mol. The van der Waals surface area contributed by atoms with E-state index in [0.717, 1.165) is 5.56 Å². The Labute approximate surface area is 205 Å². The summed E-state index contributed by atoms with van der Waals surface area (Å²) in [7, 11) is 0. The lowest BCUT2D eigenvalue weighted by Gasteiger charge is -2.23. The zero-order valence-corrected chi connectivity index (χ0v) is 19.3. The summed E-state index contributed by atoms with van der Waals surface area (Å²) in [6, 6.07) is 9.23. The van der Waals surface area contributed by atoms with Gasteiger partial charge in [0, 0.05) is 29.6 Å². The number of nitrogens with two attached hydrogens (primary N) is 1. The normalized spacial score (nSPS) is 12.5. The van der Waals surface area contributed by atoms with Gasteiger partial charge in [0.05, 0.1) is 6.20 Å². The average Bonchev–Trinajstić information content (AvgIpc) is 3.36. The number of nitrogens with one attached hydrogen (secondary N) is 3. The third-order valence-corrected chi connectivity index (χ3v) is 5.42. The van der Waals surface area contributed by atoms with Gasteiger partial charge in [-0.1, -0.05) is 35.9 Å². The molecule has 3 aromatic rings. The number of hydrogen-bond donors (Lipinski definition) is 5. The van der Waals surface area contributed by atoms with Crippen LogP contribution in [0.15, 0.2) is 48.7 Å². The van der Waals surface area contributed by atoms with Gasteiger partial charge < -0.3 is 21.5 Å². The monoisotopic (exact) mass is 502 g/mol.